The lowest BCUT2D eigenvalue weighted by atomic mass is 9.93. The smallest absolute Gasteiger partial charge is 0.00201 e. The summed E-state index contributed by atoms with van der Waals surface area (Å²) in [5, 5.41) is 3.56. The second kappa shape index (κ2) is 8.30. The summed E-state index contributed by atoms with van der Waals surface area (Å²) in [4.78, 5) is 0. The predicted molar refractivity (Wildman–Crippen MR) is 76.6 cm³/mol. The van der Waals surface area contributed by atoms with Crippen molar-refractivity contribution in [3.63, 3.8) is 0 Å². The molecule has 0 radical (unpaired) electrons. The Hall–Kier alpha value is -0.820. The van der Waals surface area contributed by atoms with Crippen molar-refractivity contribution in [2.45, 2.75) is 52.4 Å². The molecule has 1 atom stereocenters. The number of unbranched alkanes of at least 4 members (excludes halogenated alkanes) is 1. The lowest BCUT2D eigenvalue weighted by Crippen LogP contribution is -2.22. The Kier molecular flexibility index (Phi) is 6.95. The molecule has 0 aliphatic rings. The molecular formula is C16H27N. The summed E-state index contributed by atoms with van der Waals surface area (Å²) in [6.07, 6.45) is 5.13. The van der Waals surface area contributed by atoms with Crippen LogP contribution in [0.15, 0.2) is 24.3 Å². The zero-order valence-electron chi connectivity index (χ0n) is 11.6. The van der Waals surface area contributed by atoms with Gasteiger partial charge in [-0.2, -0.15) is 0 Å². The van der Waals surface area contributed by atoms with Crippen LogP contribution in [0.3, 0.4) is 0 Å². The quantitative estimate of drug-likeness (QED) is 0.661. The van der Waals surface area contributed by atoms with E-state index >= 15 is 0 Å². The molecule has 17 heavy (non-hydrogen) atoms. The Labute approximate surface area is 107 Å². The Morgan fingerprint density at radius 1 is 1.06 bits per heavy atom. The monoisotopic (exact) mass is 233 g/mol. The van der Waals surface area contributed by atoms with Gasteiger partial charge in [0, 0.05) is 6.54 Å². The van der Waals surface area contributed by atoms with E-state index in [0.29, 0.717) is 5.92 Å². The summed E-state index contributed by atoms with van der Waals surface area (Å²) < 4.78 is 0. The summed E-state index contributed by atoms with van der Waals surface area (Å²) in [6, 6.07) is 9.05. The molecule has 0 bridgehead atoms. The molecule has 0 heterocycles. The van der Waals surface area contributed by atoms with Crippen LogP contribution in [0.2, 0.25) is 0 Å². The number of hydrogen-bond donors (Lipinski definition) is 1. The fourth-order valence-corrected chi connectivity index (χ4v) is 2.13. The number of aryl methyl sites for hydroxylation is 1. The number of hydrogen-bond acceptors (Lipinski definition) is 1. The van der Waals surface area contributed by atoms with Gasteiger partial charge in [-0.15, -0.1) is 0 Å². The maximum absolute atomic E-state index is 3.56. The van der Waals surface area contributed by atoms with Gasteiger partial charge in [-0.1, -0.05) is 56.5 Å². The Balaban J connectivity index is 2.57. The van der Waals surface area contributed by atoms with Crippen LogP contribution in [0.4, 0.5) is 0 Å². The SMILES string of the molecule is CCCCC(CNCCC)c1ccc(C)cc1. The zero-order chi connectivity index (χ0) is 12.5. The molecule has 0 saturated heterocycles. The van der Waals surface area contributed by atoms with E-state index in [2.05, 4.69) is 50.4 Å². The van der Waals surface area contributed by atoms with E-state index in [1.165, 1.54) is 36.8 Å². The number of benzene rings is 1. The van der Waals surface area contributed by atoms with Crippen LogP contribution in [0.25, 0.3) is 0 Å². The summed E-state index contributed by atoms with van der Waals surface area (Å²) in [7, 11) is 0. The van der Waals surface area contributed by atoms with E-state index in [4.69, 9.17) is 0 Å². The van der Waals surface area contributed by atoms with Crippen molar-refractivity contribution in [3.05, 3.63) is 35.4 Å². The predicted octanol–water partition coefficient (Wildman–Crippen LogP) is 4.27. The van der Waals surface area contributed by atoms with Gasteiger partial charge in [0.05, 0.1) is 0 Å². The Bertz CT molecular complexity index is 289. The molecule has 0 saturated carbocycles. The van der Waals surface area contributed by atoms with Crippen molar-refractivity contribution in [1.82, 2.24) is 5.32 Å². The molecule has 0 aromatic heterocycles. The molecule has 1 unspecified atom stereocenters. The molecule has 1 nitrogen and oxygen atoms in total. The fraction of sp³-hybridized carbons (Fsp3) is 0.625. The molecule has 1 aromatic carbocycles. The highest BCUT2D eigenvalue weighted by atomic mass is 14.8. The van der Waals surface area contributed by atoms with E-state index in [-0.39, 0.29) is 0 Å². The van der Waals surface area contributed by atoms with Gasteiger partial charge in [0.15, 0.2) is 0 Å². The summed E-state index contributed by atoms with van der Waals surface area (Å²) in [5.74, 6) is 0.682. The first-order chi connectivity index (χ1) is 8.27. The Morgan fingerprint density at radius 3 is 2.35 bits per heavy atom. The molecule has 0 aliphatic heterocycles. The minimum atomic E-state index is 0.682. The van der Waals surface area contributed by atoms with E-state index in [1.807, 2.05) is 0 Å². The fourth-order valence-electron chi connectivity index (χ4n) is 2.13. The maximum Gasteiger partial charge on any atom is 0.00201 e. The van der Waals surface area contributed by atoms with E-state index < -0.39 is 0 Å². The van der Waals surface area contributed by atoms with Gasteiger partial charge >= 0.3 is 0 Å². The Morgan fingerprint density at radius 2 is 1.76 bits per heavy atom. The van der Waals surface area contributed by atoms with Crippen molar-refractivity contribution < 1.29 is 0 Å². The minimum absolute atomic E-state index is 0.682. The van der Waals surface area contributed by atoms with Gasteiger partial charge in [0.25, 0.3) is 0 Å². The van der Waals surface area contributed by atoms with Crippen LogP contribution in [0.5, 0.6) is 0 Å². The average molecular weight is 233 g/mol. The van der Waals surface area contributed by atoms with Crippen molar-refractivity contribution in [2.75, 3.05) is 13.1 Å². The second-order valence-electron chi connectivity index (χ2n) is 4.95. The van der Waals surface area contributed by atoms with Crippen LogP contribution < -0.4 is 5.32 Å². The molecule has 1 aromatic rings. The highest BCUT2D eigenvalue weighted by Gasteiger charge is 2.10. The molecule has 0 fully saturated rings. The maximum atomic E-state index is 3.56. The van der Waals surface area contributed by atoms with Gasteiger partial charge in [-0.3, -0.25) is 0 Å². The van der Waals surface area contributed by atoms with Crippen LogP contribution in [0, 0.1) is 6.92 Å². The molecule has 0 spiro atoms. The summed E-state index contributed by atoms with van der Waals surface area (Å²) in [5.41, 5.74) is 2.84. The third-order valence-corrected chi connectivity index (χ3v) is 3.27. The highest BCUT2D eigenvalue weighted by molar-refractivity contribution is 5.24. The first-order valence-electron chi connectivity index (χ1n) is 7.05. The van der Waals surface area contributed by atoms with E-state index in [1.54, 1.807) is 0 Å². The highest BCUT2D eigenvalue weighted by Crippen LogP contribution is 2.21. The van der Waals surface area contributed by atoms with Crippen LogP contribution >= 0.6 is 0 Å². The first kappa shape index (κ1) is 14.2. The zero-order valence-corrected chi connectivity index (χ0v) is 11.6. The van der Waals surface area contributed by atoms with E-state index in [9.17, 15) is 0 Å². The molecule has 0 amide bonds. The second-order valence-corrected chi connectivity index (χ2v) is 4.95. The number of rotatable bonds is 8. The summed E-state index contributed by atoms with van der Waals surface area (Å²) in [6.45, 7) is 8.90. The normalized spacial score (nSPS) is 12.6. The van der Waals surface area contributed by atoms with Crippen molar-refractivity contribution in [3.8, 4) is 0 Å². The molecule has 96 valence electrons. The topological polar surface area (TPSA) is 12.0 Å². The van der Waals surface area contributed by atoms with Gasteiger partial charge in [0.2, 0.25) is 0 Å². The largest absolute Gasteiger partial charge is 0.316 e. The standard InChI is InChI=1S/C16H27N/c1-4-6-7-16(13-17-12-5-2)15-10-8-14(3)9-11-15/h8-11,16-17H,4-7,12-13H2,1-3H3. The van der Waals surface area contributed by atoms with Crippen molar-refractivity contribution in [2.24, 2.45) is 0 Å². The number of nitrogens with one attached hydrogen (secondary N) is 1. The van der Waals surface area contributed by atoms with Gasteiger partial charge in [-0.05, 0) is 37.8 Å². The molecule has 1 rings (SSSR count). The van der Waals surface area contributed by atoms with Crippen molar-refractivity contribution in [1.29, 1.82) is 0 Å². The summed E-state index contributed by atoms with van der Waals surface area (Å²) >= 11 is 0. The van der Waals surface area contributed by atoms with Crippen LogP contribution in [-0.2, 0) is 0 Å². The molecular weight excluding hydrogens is 206 g/mol. The minimum Gasteiger partial charge on any atom is -0.316 e. The van der Waals surface area contributed by atoms with Gasteiger partial charge < -0.3 is 5.32 Å². The van der Waals surface area contributed by atoms with E-state index in [0.717, 1.165) is 13.1 Å². The molecule has 1 N–H and O–H groups in total. The van der Waals surface area contributed by atoms with Gasteiger partial charge in [-0.25, -0.2) is 0 Å². The third-order valence-electron chi connectivity index (χ3n) is 3.27. The first-order valence-corrected chi connectivity index (χ1v) is 7.05. The third kappa shape index (κ3) is 5.36. The lowest BCUT2D eigenvalue weighted by Gasteiger charge is -2.18. The lowest BCUT2D eigenvalue weighted by molar-refractivity contribution is 0.528. The molecule has 1 heteroatoms. The van der Waals surface area contributed by atoms with Crippen molar-refractivity contribution >= 4 is 0 Å². The van der Waals surface area contributed by atoms with Gasteiger partial charge in [0.1, 0.15) is 0 Å². The van der Waals surface area contributed by atoms with Crippen LogP contribution in [-0.4, -0.2) is 13.1 Å². The molecule has 0 aliphatic carbocycles. The van der Waals surface area contributed by atoms with Crippen LogP contribution in [0.1, 0.15) is 56.6 Å². The average Bonchev–Trinajstić information content (AvgIpc) is 2.35.